The van der Waals surface area contributed by atoms with Gasteiger partial charge in [-0.25, -0.2) is 4.79 Å². The number of carbonyl (C=O) groups excluding carboxylic acids is 3. The number of esters is 1. The van der Waals surface area contributed by atoms with Gasteiger partial charge < -0.3 is 20.1 Å². The van der Waals surface area contributed by atoms with Crippen LogP contribution in [0.2, 0.25) is 0 Å². The zero-order valence-corrected chi connectivity index (χ0v) is 13.1. The highest BCUT2D eigenvalue weighted by atomic mass is 16.5. The lowest BCUT2D eigenvalue weighted by atomic mass is 10.2. The normalized spacial score (nSPS) is 10.2. The number of rotatable bonds is 8. The van der Waals surface area contributed by atoms with Crippen LogP contribution in [0.4, 0.5) is 0 Å². The molecule has 0 fully saturated rings. The molecule has 0 aliphatic carbocycles. The van der Waals surface area contributed by atoms with Gasteiger partial charge in [-0.2, -0.15) is 0 Å². The first-order valence-electron chi connectivity index (χ1n) is 7.10. The summed E-state index contributed by atoms with van der Waals surface area (Å²) in [5, 5.41) is 4.67. The first-order valence-corrected chi connectivity index (χ1v) is 7.10. The zero-order valence-electron chi connectivity index (χ0n) is 13.1. The monoisotopic (exact) mass is 320 g/mol. The number of ether oxygens (including phenoxy) is 2. The van der Waals surface area contributed by atoms with E-state index in [0.29, 0.717) is 12.4 Å². The van der Waals surface area contributed by atoms with Crippen LogP contribution < -0.4 is 15.4 Å². The second-order valence-corrected chi connectivity index (χ2v) is 4.36. The molecule has 0 aromatic heterocycles. The molecule has 1 aromatic rings. The molecule has 7 nitrogen and oxygen atoms in total. The van der Waals surface area contributed by atoms with Gasteiger partial charge in [-0.3, -0.25) is 9.59 Å². The highest BCUT2D eigenvalue weighted by Gasteiger charge is 2.07. The smallest absolute Gasteiger partial charge is 0.331 e. The summed E-state index contributed by atoms with van der Waals surface area (Å²) in [4.78, 5) is 33.9. The number of hydrogen-bond donors (Lipinski definition) is 2. The van der Waals surface area contributed by atoms with Crippen LogP contribution in [0.1, 0.15) is 12.5 Å². The Morgan fingerprint density at radius 3 is 2.61 bits per heavy atom. The van der Waals surface area contributed by atoms with Crippen LogP contribution >= 0.6 is 0 Å². The van der Waals surface area contributed by atoms with Crippen molar-refractivity contribution >= 4 is 23.9 Å². The van der Waals surface area contributed by atoms with Gasteiger partial charge in [0.05, 0.1) is 13.2 Å². The van der Waals surface area contributed by atoms with Crippen molar-refractivity contribution in [2.75, 3.05) is 26.8 Å². The summed E-state index contributed by atoms with van der Waals surface area (Å²) in [6.45, 7) is 1.77. The van der Waals surface area contributed by atoms with Crippen LogP contribution in [-0.2, 0) is 19.1 Å². The summed E-state index contributed by atoms with van der Waals surface area (Å²) in [6, 6.07) is 7.24. The third kappa shape index (κ3) is 7.12. The Labute approximate surface area is 134 Å². The summed E-state index contributed by atoms with van der Waals surface area (Å²) in [5.41, 5.74) is 0.732. The summed E-state index contributed by atoms with van der Waals surface area (Å²) >= 11 is 0. The summed E-state index contributed by atoms with van der Waals surface area (Å²) in [5.74, 6) is -0.893. The van der Waals surface area contributed by atoms with Gasteiger partial charge >= 0.3 is 5.97 Å². The van der Waals surface area contributed by atoms with Gasteiger partial charge in [-0.05, 0) is 19.1 Å². The number of para-hydroxylation sites is 1. The molecule has 0 unspecified atom stereocenters. The Hall–Kier alpha value is -2.83. The van der Waals surface area contributed by atoms with E-state index in [-0.39, 0.29) is 12.5 Å². The van der Waals surface area contributed by atoms with E-state index in [4.69, 9.17) is 9.47 Å². The molecule has 0 radical (unpaired) electrons. The fraction of sp³-hybridized carbons (Fsp3) is 0.312. The van der Waals surface area contributed by atoms with E-state index in [1.807, 2.05) is 19.1 Å². The standard InChI is InChI=1S/C16H20N2O5/c1-3-22-13-7-5-4-6-12(13)8-9-16(21)23-11-15(20)18-10-14(19)17-2/h4-9H,3,10-11H2,1-2H3,(H,17,19)(H,18,20)/b9-8+. The Balaban J connectivity index is 2.44. The molecule has 0 aliphatic heterocycles. The lowest BCUT2D eigenvalue weighted by Crippen LogP contribution is -2.37. The Morgan fingerprint density at radius 1 is 1.17 bits per heavy atom. The Kier molecular flexibility index (Phi) is 7.91. The summed E-state index contributed by atoms with van der Waals surface area (Å²) in [6.07, 6.45) is 2.76. The van der Waals surface area contributed by atoms with Crippen molar-refractivity contribution in [2.24, 2.45) is 0 Å². The summed E-state index contributed by atoms with van der Waals surface area (Å²) in [7, 11) is 1.46. The minimum Gasteiger partial charge on any atom is -0.493 e. The van der Waals surface area contributed by atoms with Gasteiger partial charge in [0.1, 0.15) is 5.75 Å². The van der Waals surface area contributed by atoms with Gasteiger partial charge in [-0.15, -0.1) is 0 Å². The van der Waals surface area contributed by atoms with Crippen LogP contribution in [0.5, 0.6) is 5.75 Å². The van der Waals surface area contributed by atoms with Gasteiger partial charge in [0.25, 0.3) is 5.91 Å². The third-order valence-corrected chi connectivity index (χ3v) is 2.69. The number of nitrogens with one attached hydrogen (secondary N) is 2. The molecule has 0 aliphatic rings. The lowest BCUT2D eigenvalue weighted by Gasteiger charge is -2.06. The van der Waals surface area contributed by atoms with Crippen LogP contribution in [0, 0.1) is 0 Å². The van der Waals surface area contributed by atoms with Crippen LogP contribution in [0.25, 0.3) is 6.08 Å². The topological polar surface area (TPSA) is 93.7 Å². The van der Waals surface area contributed by atoms with E-state index >= 15 is 0 Å². The van der Waals surface area contributed by atoms with Crippen molar-refractivity contribution in [1.82, 2.24) is 10.6 Å². The minimum absolute atomic E-state index is 0.162. The quantitative estimate of drug-likeness (QED) is 0.537. The van der Waals surface area contributed by atoms with Crippen molar-refractivity contribution in [3.63, 3.8) is 0 Å². The van der Waals surface area contributed by atoms with E-state index in [9.17, 15) is 14.4 Å². The molecule has 2 N–H and O–H groups in total. The molecule has 0 bridgehead atoms. The summed E-state index contributed by atoms with van der Waals surface area (Å²) < 4.78 is 10.2. The number of benzene rings is 1. The number of carbonyl (C=O) groups is 3. The lowest BCUT2D eigenvalue weighted by molar-refractivity contribution is -0.143. The molecule has 0 atom stereocenters. The van der Waals surface area contributed by atoms with Crippen molar-refractivity contribution in [2.45, 2.75) is 6.92 Å². The largest absolute Gasteiger partial charge is 0.493 e. The molecular formula is C16H20N2O5. The highest BCUT2D eigenvalue weighted by Crippen LogP contribution is 2.19. The maximum absolute atomic E-state index is 11.6. The van der Waals surface area contributed by atoms with Crippen LogP contribution in [0.15, 0.2) is 30.3 Å². The van der Waals surface area contributed by atoms with E-state index in [1.54, 1.807) is 18.2 Å². The molecule has 1 rings (SSSR count). The number of likely N-dealkylation sites (N-methyl/N-ethyl adjacent to an activating group) is 1. The van der Waals surface area contributed by atoms with Gasteiger partial charge in [0.15, 0.2) is 6.61 Å². The first kappa shape index (κ1) is 18.2. The molecule has 0 saturated carbocycles. The van der Waals surface area contributed by atoms with E-state index < -0.39 is 18.5 Å². The Morgan fingerprint density at radius 2 is 1.91 bits per heavy atom. The molecule has 7 heteroatoms. The van der Waals surface area contributed by atoms with Crippen molar-refractivity contribution in [3.05, 3.63) is 35.9 Å². The van der Waals surface area contributed by atoms with Crippen molar-refractivity contribution in [1.29, 1.82) is 0 Å². The fourth-order valence-electron chi connectivity index (χ4n) is 1.57. The molecule has 2 amide bonds. The molecular weight excluding hydrogens is 300 g/mol. The number of amides is 2. The van der Waals surface area contributed by atoms with Crippen molar-refractivity contribution in [3.8, 4) is 5.75 Å². The SMILES string of the molecule is CCOc1ccccc1/C=C/C(=O)OCC(=O)NCC(=O)NC. The molecule has 1 aromatic carbocycles. The molecule has 0 saturated heterocycles. The highest BCUT2D eigenvalue weighted by molar-refractivity contribution is 5.90. The van der Waals surface area contributed by atoms with E-state index in [1.165, 1.54) is 13.1 Å². The van der Waals surface area contributed by atoms with Gasteiger partial charge in [0.2, 0.25) is 5.91 Å². The third-order valence-electron chi connectivity index (χ3n) is 2.69. The van der Waals surface area contributed by atoms with E-state index in [0.717, 1.165) is 5.56 Å². The first-order chi connectivity index (χ1) is 11.1. The maximum atomic E-state index is 11.6. The second kappa shape index (κ2) is 9.99. The second-order valence-electron chi connectivity index (χ2n) is 4.36. The van der Waals surface area contributed by atoms with E-state index in [2.05, 4.69) is 10.6 Å². The van der Waals surface area contributed by atoms with Crippen LogP contribution in [-0.4, -0.2) is 44.6 Å². The van der Waals surface area contributed by atoms with Crippen LogP contribution in [0.3, 0.4) is 0 Å². The van der Waals surface area contributed by atoms with Crippen molar-refractivity contribution < 1.29 is 23.9 Å². The predicted molar refractivity (Wildman–Crippen MR) is 84.7 cm³/mol. The molecule has 124 valence electrons. The maximum Gasteiger partial charge on any atom is 0.331 e. The van der Waals surface area contributed by atoms with Gasteiger partial charge in [-0.1, -0.05) is 18.2 Å². The molecule has 0 heterocycles. The average molecular weight is 320 g/mol. The minimum atomic E-state index is -0.661. The zero-order chi connectivity index (χ0) is 17.1. The predicted octanol–water partition coefficient (Wildman–Crippen LogP) is 0.504. The average Bonchev–Trinajstić information content (AvgIpc) is 2.57. The fourth-order valence-corrected chi connectivity index (χ4v) is 1.57. The Bertz CT molecular complexity index is 584. The molecule has 0 spiro atoms. The van der Waals surface area contributed by atoms with Gasteiger partial charge in [0, 0.05) is 18.7 Å². The molecule has 23 heavy (non-hydrogen) atoms. The number of hydrogen-bond acceptors (Lipinski definition) is 5.